The molecule has 1 aliphatic heterocycles. The van der Waals surface area contributed by atoms with Gasteiger partial charge in [-0.25, -0.2) is 0 Å². The quantitative estimate of drug-likeness (QED) is 0.852. The summed E-state index contributed by atoms with van der Waals surface area (Å²) in [6.07, 6.45) is 4.81. The Hall–Kier alpha value is -1.85. The molecule has 2 heterocycles. The molecule has 1 atom stereocenters. The van der Waals surface area contributed by atoms with Crippen molar-refractivity contribution in [3.63, 3.8) is 0 Å². The van der Waals surface area contributed by atoms with Gasteiger partial charge in [0, 0.05) is 25.2 Å². The molecular formula is C14H21N3O3. The summed E-state index contributed by atoms with van der Waals surface area (Å²) in [5, 5.41) is 15.7. The van der Waals surface area contributed by atoms with Crippen LogP contribution in [-0.4, -0.2) is 45.2 Å². The van der Waals surface area contributed by atoms with Crippen molar-refractivity contribution in [3.05, 3.63) is 17.5 Å². The van der Waals surface area contributed by atoms with Crippen LogP contribution in [0.2, 0.25) is 0 Å². The number of aromatic nitrogens is 2. The van der Waals surface area contributed by atoms with Crippen LogP contribution in [0.5, 0.6) is 0 Å². The van der Waals surface area contributed by atoms with Crippen molar-refractivity contribution in [2.45, 2.75) is 39.0 Å². The highest BCUT2D eigenvalue weighted by Gasteiger charge is 2.24. The van der Waals surface area contributed by atoms with E-state index in [0.29, 0.717) is 5.92 Å². The lowest BCUT2D eigenvalue weighted by Gasteiger charge is -2.32. The van der Waals surface area contributed by atoms with Crippen LogP contribution >= 0.6 is 0 Å². The third-order valence-electron chi connectivity index (χ3n) is 3.85. The Bertz CT molecular complexity index is 484. The van der Waals surface area contributed by atoms with Crippen molar-refractivity contribution in [3.8, 4) is 0 Å². The van der Waals surface area contributed by atoms with Gasteiger partial charge in [0.05, 0.1) is 12.6 Å². The van der Waals surface area contributed by atoms with E-state index in [0.717, 1.165) is 43.6 Å². The molecule has 2 N–H and O–H groups in total. The van der Waals surface area contributed by atoms with Gasteiger partial charge in [-0.05, 0) is 37.7 Å². The number of aliphatic carboxylic acids is 1. The monoisotopic (exact) mass is 279 g/mol. The second-order valence-corrected chi connectivity index (χ2v) is 5.48. The number of H-pyrrole nitrogens is 1. The van der Waals surface area contributed by atoms with Crippen LogP contribution in [0.25, 0.3) is 0 Å². The van der Waals surface area contributed by atoms with Crippen molar-refractivity contribution in [1.29, 1.82) is 0 Å². The number of hydrogen-bond donors (Lipinski definition) is 2. The Kier molecular flexibility index (Phi) is 4.76. The van der Waals surface area contributed by atoms with Crippen LogP contribution in [0.3, 0.4) is 0 Å². The molecule has 1 unspecified atom stereocenters. The lowest BCUT2D eigenvalue weighted by molar-refractivity contribution is -0.141. The highest BCUT2D eigenvalue weighted by atomic mass is 16.4. The molecule has 1 aromatic heterocycles. The van der Waals surface area contributed by atoms with E-state index in [2.05, 4.69) is 10.2 Å². The van der Waals surface area contributed by atoms with Crippen molar-refractivity contribution < 1.29 is 14.7 Å². The zero-order valence-corrected chi connectivity index (χ0v) is 11.8. The summed E-state index contributed by atoms with van der Waals surface area (Å²) in [5.74, 6) is -0.532. The summed E-state index contributed by atoms with van der Waals surface area (Å²) in [6.45, 7) is 3.49. The Morgan fingerprint density at radius 1 is 1.50 bits per heavy atom. The maximum atomic E-state index is 12.0. The summed E-state index contributed by atoms with van der Waals surface area (Å²) in [5.41, 5.74) is 2.29. The molecule has 0 aromatic carbocycles. The van der Waals surface area contributed by atoms with E-state index in [1.807, 2.05) is 18.0 Å². The number of likely N-dealkylation sites (tertiary alicyclic amines) is 1. The smallest absolute Gasteiger partial charge is 0.303 e. The molecule has 0 spiro atoms. The first-order valence-corrected chi connectivity index (χ1v) is 7.04. The predicted molar refractivity (Wildman–Crippen MR) is 73.2 cm³/mol. The van der Waals surface area contributed by atoms with Gasteiger partial charge in [0.1, 0.15) is 0 Å². The van der Waals surface area contributed by atoms with E-state index in [1.165, 1.54) is 0 Å². The number of carbonyl (C=O) groups excluding carboxylic acids is 1. The number of piperidine rings is 1. The first kappa shape index (κ1) is 14.6. The number of aryl methyl sites for hydroxylation is 1. The molecule has 1 saturated heterocycles. The van der Waals surface area contributed by atoms with Crippen LogP contribution in [0, 0.1) is 12.8 Å². The molecular weight excluding hydrogens is 258 g/mol. The van der Waals surface area contributed by atoms with Gasteiger partial charge in [-0.3, -0.25) is 14.7 Å². The summed E-state index contributed by atoms with van der Waals surface area (Å²) in [4.78, 5) is 24.3. The maximum absolute atomic E-state index is 12.0. The lowest BCUT2D eigenvalue weighted by atomic mass is 9.92. The molecule has 6 heteroatoms. The largest absolute Gasteiger partial charge is 0.481 e. The van der Waals surface area contributed by atoms with Crippen LogP contribution in [-0.2, 0) is 16.0 Å². The van der Waals surface area contributed by atoms with Crippen LogP contribution in [0.1, 0.15) is 36.9 Å². The minimum Gasteiger partial charge on any atom is -0.481 e. The fourth-order valence-corrected chi connectivity index (χ4v) is 2.70. The standard InChI is InChI=1S/C14H21N3O3/c1-10-8-15-16-12(10)7-11-3-2-6-17(9-11)13(18)4-5-14(19)20/h8,11H,2-7,9H2,1H3,(H,15,16)(H,19,20). The molecule has 0 radical (unpaired) electrons. The predicted octanol–water partition coefficient (Wildman–Crippen LogP) is 1.36. The fraction of sp³-hybridized carbons (Fsp3) is 0.643. The van der Waals surface area contributed by atoms with Gasteiger partial charge < -0.3 is 10.0 Å². The molecule has 1 aliphatic rings. The zero-order chi connectivity index (χ0) is 14.5. The van der Waals surface area contributed by atoms with Gasteiger partial charge in [0.15, 0.2) is 0 Å². The molecule has 6 nitrogen and oxygen atoms in total. The van der Waals surface area contributed by atoms with E-state index < -0.39 is 5.97 Å². The SMILES string of the molecule is Cc1cn[nH]c1CC1CCCN(C(=O)CCC(=O)O)C1. The van der Waals surface area contributed by atoms with Gasteiger partial charge in [0.2, 0.25) is 5.91 Å². The number of amides is 1. The van der Waals surface area contributed by atoms with Crippen molar-refractivity contribution in [1.82, 2.24) is 15.1 Å². The zero-order valence-electron chi connectivity index (χ0n) is 11.8. The van der Waals surface area contributed by atoms with E-state index in [9.17, 15) is 9.59 Å². The number of carboxylic acid groups (broad SMARTS) is 1. The van der Waals surface area contributed by atoms with Gasteiger partial charge in [-0.2, -0.15) is 5.10 Å². The van der Waals surface area contributed by atoms with Gasteiger partial charge >= 0.3 is 5.97 Å². The highest BCUT2D eigenvalue weighted by molar-refractivity contribution is 5.80. The minimum atomic E-state index is -0.917. The third-order valence-corrected chi connectivity index (χ3v) is 3.85. The molecule has 0 aliphatic carbocycles. The average molecular weight is 279 g/mol. The van der Waals surface area contributed by atoms with Gasteiger partial charge in [-0.15, -0.1) is 0 Å². The average Bonchev–Trinajstić information content (AvgIpc) is 2.82. The van der Waals surface area contributed by atoms with Crippen LogP contribution in [0.4, 0.5) is 0 Å². The summed E-state index contributed by atoms with van der Waals surface area (Å²) in [7, 11) is 0. The van der Waals surface area contributed by atoms with E-state index in [4.69, 9.17) is 5.11 Å². The molecule has 1 fully saturated rings. The second kappa shape index (κ2) is 6.54. The topological polar surface area (TPSA) is 86.3 Å². The molecule has 2 rings (SSSR count). The number of rotatable bonds is 5. The van der Waals surface area contributed by atoms with Crippen molar-refractivity contribution in [2.75, 3.05) is 13.1 Å². The molecule has 0 saturated carbocycles. The summed E-state index contributed by atoms with van der Waals surface area (Å²) in [6, 6.07) is 0. The number of aromatic amines is 1. The van der Waals surface area contributed by atoms with Gasteiger partial charge in [-0.1, -0.05) is 0 Å². The molecule has 20 heavy (non-hydrogen) atoms. The molecule has 1 aromatic rings. The van der Waals surface area contributed by atoms with E-state index >= 15 is 0 Å². The Morgan fingerprint density at radius 2 is 2.30 bits per heavy atom. The number of nitrogens with zero attached hydrogens (tertiary/aromatic N) is 2. The summed E-state index contributed by atoms with van der Waals surface area (Å²) >= 11 is 0. The second-order valence-electron chi connectivity index (χ2n) is 5.48. The van der Waals surface area contributed by atoms with Crippen LogP contribution < -0.4 is 0 Å². The number of hydrogen-bond acceptors (Lipinski definition) is 3. The molecule has 0 bridgehead atoms. The number of nitrogens with one attached hydrogen (secondary N) is 1. The van der Waals surface area contributed by atoms with E-state index in [-0.39, 0.29) is 18.7 Å². The number of carboxylic acids is 1. The first-order valence-electron chi connectivity index (χ1n) is 7.04. The van der Waals surface area contributed by atoms with E-state index in [1.54, 1.807) is 0 Å². The van der Waals surface area contributed by atoms with Gasteiger partial charge in [0.25, 0.3) is 0 Å². The third kappa shape index (κ3) is 3.82. The lowest BCUT2D eigenvalue weighted by Crippen LogP contribution is -2.40. The number of carbonyl (C=O) groups is 2. The van der Waals surface area contributed by atoms with Crippen LogP contribution in [0.15, 0.2) is 6.20 Å². The summed E-state index contributed by atoms with van der Waals surface area (Å²) < 4.78 is 0. The van der Waals surface area contributed by atoms with Crippen molar-refractivity contribution >= 4 is 11.9 Å². The maximum Gasteiger partial charge on any atom is 0.303 e. The fourth-order valence-electron chi connectivity index (χ4n) is 2.70. The molecule has 1 amide bonds. The Labute approximate surface area is 118 Å². The normalized spacial score (nSPS) is 19.1. The highest BCUT2D eigenvalue weighted by Crippen LogP contribution is 2.22. The Morgan fingerprint density at radius 3 is 2.95 bits per heavy atom. The van der Waals surface area contributed by atoms with Crippen molar-refractivity contribution in [2.24, 2.45) is 5.92 Å². The molecule has 110 valence electrons. The Balaban J connectivity index is 1.86. The first-order chi connectivity index (χ1) is 9.56. The minimum absolute atomic E-state index is 0.0431.